The fraction of sp³-hybridized carbons (Fsp3) is 0.556. The number of hydrogen-bond donors (Lipinski definition) is 0. The van der Waals surface area contributed by atoms with Gasteiger partial charge in [0.15, 0.2) is 11.6 Å². The number of aryl methyl sites for hydroxylation is 4. The van der Waals surface area contributed by atoms with Crippen LogP contribution in [0.4, 0.5) is 0 Å². The minimum atomic E-state index is -3.70. The molecule has 4 rings (SSSR count). The van der Waals surface area contributed by atoms with Crippen molar-refractivity contribution >= 4 is 10.0 Å². The van der Waals surface area contributed by atoms with Crippen molar-refractivity contribution in [2.45, 2.75) is 57.8 Å². The molecule has 1 atom stereocenters. The Hall–Kier alpha value is -2.53. The van der Waals surface area contributed by atoms with Crippen molar-refractivity contribution in [2.24, 2.45) is 0 Å². The second kappa shape index (κ2) is 7.38. The highest BCUT2D eigenvalue weighted by molar-refractivity contribution is 7.89. The highest BCUT2D eigenvalue weighted by atomic mass is 32.2. The number of hydrogen-bond acceptors (Lipinski definition) is 9. The lowest BCUT2D eigenvalue weighted by atomic mass is 10.00. The van der Waals surface area contributed by atoms with E-state index in [2.05, 4.69) is 20.5 Å². The minimum absolute atomic E-state index is 0.141. The van der Waals surface area contributed by atoms with Crippen molar-refractivity contribution in [3.8, 4) is 0 Å². The van der Waals surface area contributed by atoms with Crippen molar-refractivity contribution in [3.05, 3.63) is 40.2 Å². The van der Waals surface area contributed by atoms with Crippen molar-refractivity contribution in [2.75, 3.05) is 13.1 Å². The number of piperidine rings is 1. The highest BCUT2D eigenvalue weighted by Crippen LogP contribution is 2.31. The van der Waals surface area contributed by atoms with Crippen LogP contribution in [-0.2, 0) is 16.4 Å². The molecule has 3 aromatic heterocycles. The van der Waals surface area contributed by atoms with Crippen LogP contribution in [0.3, 0.4) is 0 Å². The Morgan fingerprint density at radius 2 is 1.72 bits per heavy atom. The molecule has 29 heavy (non-hydrogen) atoms. The Kier molecular flexibility index (Phi) is 5.03. The van der Waals surface area contributed by atoms with Crippen molar-refractivity contribution in [3.63, 3.8) is 0 Å². The molecular formula is C18H23N5O5S. The summed E-state index contributed by atoms with van der Waals surface area (Å²) in [4.78, 5) is 4.65. The van der Waals surface area contributed by atoms with Crippen LogP contribution in [0.5, 0.6) is 0 Å². The van der Waals surface area contributed by atoms with Gasteiger partial charge in [-0.3, -0.25) is 0 Å². The van der Waals surface area contributed by atoms with Gasteiger partial charge in [0, 0.05) is 25.1 Å². The number of aromatic nitrogens is 4. The molecule has 0 aliphatic carbocycles. The summed E-state index contributed by atoms with van der Waals surface area (Å²) < 4.78 is 43.3. The van der Waals surface area contributed by atoms with Gasteiger partial charge in [0.25, 0.3) is 0 Å². The van der Waals surface area contributed by atoms with E-state index >= 15 is 0 Å². The van der Waals surface area contributed by atoms with Gasteiger partial charge in [0.05, 0.1) is 11.6 Å². The van der Waals surface area contributed by atoms with E-state index in [4.69, 9.17) is 13.6 Å². The predicted octanol–water partition coefficient (Wildman–Crippen LogP) is 2.44. The Morgan fingerprint density at radius 3 is 2.38 bits per heavy atom. The van der Waals surface area contributed by atoms with Crippen LogP contribution in [0.25, 0.3) is 0 Å². The fourth-order valence-corrected chi connectivity index (χ4v) is 5.57. The zero-order chi connectivity index (χ0) is 20.8. The molecule has 1 aliphatic heterocycles. The summed E-state index contributed by atoms with van der Waals surface area (Å²) in [5.74, 6) is 1.84. The van der Waals surface area contributed by atoms with Gasteiger partial charge in [-0.25, -0.2) is 8.42 Å². The maximum atomic E-state index is 13.1. The third kappa shape index (κ3) is 3.60. The molecule has 0 spiro atoms. The lowest BCUT2D eigenvalue weighted by Crippen LogP contribution is -2.39. The zero-order valence-corrected chi connectivity index (χ0v) is 17.6. The lowest BCUT2D eigenvalue weighted by Gasteiger charge is -2.29. The summed E-state index contributed by atoms with van der Waals surface area (Å²) in [5.41, 5.74) is 2.09. The second-order valence-electron chi connectivity index (χ2n) is 7.38. The van der Waals surface area contributed by atoms with Crippen LogP contribution in [0.1, 0.15) is 58.9 Å². The molecule has 1 fully saturated rings. The van der Waals surface area contributed by atoms with Crippen LogP contribution in [0, 0.1) is 27.7 Å². The van der Waals surface area contributed by atoms with E-state index in [1.807, 2.05) is 13.8 Å². The maximum absolute atomic E-state index is 13.1. The van der Waals surface area contributed by atoms with Crippen molar-refractivity contribution in [1.82, 2.24) is 24.8 Å². The molecule has 0 N–H and O–H groups in total. The van der Waals surface area contributed by atoms with Crippen molar-refractivity contribution < 1.29 is 22.0 Å². The third-order valence-corrected chi connectivity index (χ3v) is 7.41. The summed E-state index contributed by atoms with van der Waals surface area (Å²) >= 11 is 0. The molecule has 4 heterocycles. The monoisotopic (exact) mass is 421 g/mol. The summed E-state index contributed by atoms with van der Waals surface area (Å²) in [6, 6.07) is 0. The summed E-state index contributed by atoms with van der Waals surface area (Å²) in [6.07, 6.45) is 1.94. The summed E-state index contributed by atoms with van der Waals surface area (Å²) in [6.45, 7) is 7.65. The molecule has 10 nitrogen and oxygen atoms in total. The molecule has 0 radical (unpaired) electrons. The first-order valence-corrected chi connectivity index (χ1v) is 10.9. The molecule has 0 amide bonds. The van der Waals surface area contributed by atoms with Crippen LogP contribution in [0.15, 0.2) is 18.5 Å². The fourth-order valence-electron chi connectivity index (χ4n) is 3.75. The van der Waals surface area contributed by atoms with E-state index in [1.54, 1.807) is 13.8 Å². The normalized spacial score (nSPS) is 18.4. The first-order chi connectivity index (χ1) is 13.8. The number of sulfonamides is 1. The van der Waals surface area contributed by atoms with Gasteiger partial charge in [-0.1, -0.05) is 15.5 Å². The molecule has 3 aromatic rings. The van der Waals surface area contributed by atoms with Crippen LogP contribution in [-0.4, -0.2) is 46.3 Å². The van der Waals surface area contributed by atoms with Gasteiger partial charge in [-0.2, -0.15) is 9.29 Å². The SMILES string of the molecule is Cc1noc(C)c1Cc1noc(C2CCCN(S(=O)(=O)c3c(C)noc3C)C2)n1. The molecule has 0 aromatic carbocycles. The third-order valence-electron chi connectivity index (χ3n) is 5.30. The molecule has 0 saturated carbocycles. The molecule has 1 unspecified atom stereocenters. The van der Waals surface area contributed by atoms with Gasteiger partial charge in [-0.15, -0.1) is 0 Å². The van der Waals surface area contributed by atoms with Crippen LogP contribution in [0.2, 0.25) is 0 Å². The first-order valence-electron chi connectivity index (χ1n) is 9.44. The van der Waals surface area contributed by atoms with Gasteiger partial charge in [0.2, 0.25) is 15.9 Å². The van der Waals surface area contributed by atoms with Gasteiger partial charge in [0.1, 0.15) is 16.3 Å². The van der Waals surface area contributed by atoms with E-state index in [-0.39, 0.29) is 17.4 Å². The van der Waals surface area contributed by atoms with E-state index in [9.17, 15) is 8.42 Å². The van der Waals surface area contributed by atoms with Gasteiger partial charge >= 0.3 is 0 Å². The molecule has 156 valence electrons. The van der Waals surface area contributed by atoms with Crippen LogP contribution < -0.4 is 0 Å². The molecule has 1 saturated heterocycles. The zero-order valence-electron chi connectivity index (χ0n) is 16.8. The average molecular weight is 421 g/mol. The second-order valence-corrected chi connectivity index (χ2v) is 9.26. The minimum Gasteiger partial charge on any atom is -0.361 e. The molecule has 0 bridgehead atoms. The summed E-state index contributed by atoms with van der Waals surface area (Å²) in [7, 11) is -3.70. The highest BCUT2D eigenvalue weighted by Gasteiger charge is 2.36. The number of nitrogens with zero attached hydrogens (tertiary/aromatic N) is 5. The Morgan fingerprint density at radius 1 is 1.00 bits per heavy atom. The van der Waals surface area contributed by atoms with Crippen LogP contribution >= 0.6 is 0 Å². The summed E-state index contributed by atoms with van der Waals surface area (Å²) in [5, 5.41) is 11.8. The maximum Gasteiger partial charge on any atom is 0.248 e. The topological polar surface area (TPSA) is 128 Å². The largest absolute Gasteiger partial charge is 0.361 e. The lowest BCUT2D eigenvalue weighted by molar-refractivity contribution is 0.265. The predicted molar refractivity (Wildman–Crippen MR) is 99.8 cm³/mol. The van der Waals surface area contributed by atoms with Crippen molar-refractivity contribution in [1.29, 1.82) is 0 Å². The van der Waals surface area contributed by atoms with E-state index in [0.29, 0.717) is 42.6 Å². The molecule has 11 heteroatoms. The molecule has 1 aliphatic rings. The van der Waals surface area contributed by atoms with E-state index in [1.165, 1.54) is 4.31 Å². The van der Waals surface area contributed by atoms with E-state index < -0.39 is 10.0 Å². The standard InChI is InChI=1S/C18H23N5O5S/c1-10-15(12(3)26-20-10)8-16-19-18(28-22-16)14-6-5-7-23(9-14)29(24,25)17-11(2)21-27-13(17)4/h14H,5-9H2,1-4H3. The Bertz CT molecular complexity index is 1090. The molecular weight excluding hydrogens is 398 g/mol. The smallest absolute Gasteiger partial charge is 0.248 e. The Balaban J connectivity index is 1.53. The van der Waals surface area contributed by atoms with Gasteiger partial charge < -0.3 is 13.6 Å². The Labute approximate surface area is 168 Å². The average Bonchev–Trinajstić information content (AvgIpc) is 3.38. The first kappa shape index (κ1) is 19.8. The quantitative estimate of drug-likeness (QED) is 0.610. The number of rotatable bonds is 5. The van der Waals surface area contributed by atoms with Gasteiger partial charge in [-0.05, 0) is 40.5 Å². The van der Waals surface area contributed by atoms with E-state index in [0.717, 1.165) is 23.4 Å².